The highest BCUT2D eigenvalue weighted by molar-refractivity contribution is 5.92. The SMILES string of the molecule is COCC(CO)NC(=O)/C=C/c1cccc([N+](=O)[O-])c1. The number of methoxy groups -OCH3 is 1. The van der Waals surface area contributed by atoms with Crippen molar-refractivity contribution in [2.75, 3.05) is 20.3 Å². The lowest BCUT2D eigenvalue weighted by atomic mass is 10.2. The summed E-state index contributed by atoms with van der Waals surface area (Å²) in [7, 11) is 1.47. The highest BCUT2D eigenvalue weighted by Crippen LogP contribution is 2.13. The summed E-state index contributed by atoms with van der Waals surface area (Å²) in [6.45, 7) is -0.0306. The van der Waals surface area contributed by atoms with Crippen LogP contribution in [0.5, 0.6) is 0 Å². The molecule has 108 valence electrons. The number of hydrogen-bond donors (Lipinski definition) is 2. The van der Waals surface area contributed by atoms with Crippen molar-refractivity contribution in [1.82, 2.24) is 5.32 Å². The molecular formula is C13H16N2O5. The van der Waals surface area contributed by atoms with E-state index in [0.29, 0.717) is 5.56 Å². The molecule has 2 N–H and O–H groups in total. The van der Waals surface area contributed by atoms with Gasteiger partial charge in [0.25, 0.3) is 5.69 Å². The van der Waals surface area contributed by atoms with E-state index in [-0.39, 0.29) is 18.9 Å². The predicted molar refractivity (Wildman–Crippen MR) is 73.0 cm³/mol. The van der Waals surface area contributed by atoms with E-state index in [0.717, 1.165) is 0 Å². The summed E-state index contributed by atoms with van der Waals surface area (Å²) in [6.07, 6.45) is 2.71. The normalized spacial score (nSPS) is 12.3. The molecule has 0 radical (unpaired) electrons. The molecule has 0 aromatic heterocycles. The van der Waals surface area contributed by atoms with Crippen LogP contribution >= 0.6 is 0 Å². The molecule has 0 aliphatic carbocycles. The lowest BCUT2D eigenvalue weighted by Crippen LogP contribution is -2.39. The van der Waals surface area contributed by atoms with Gasteiger partial charge < -0.3 is 15.2 Å². The van der Waals surface area contributed by atoms with Crippen LogP contribution in [0.1, 0.15) is 5.56 Å². The molecule has 0 saturated carbocycles. The molecule has 20 heavy (non-hydrogen) atoms. The van der Waals surface area contributed by atoms with E-state index in [4.69, 9.17) is 9.84 Å². The van der Waals surface area contributed by atoms with Gasteiger partial charge in [0.1, 0.15) is 0 Å². The Balaban J connectivity index is 2.65. The van der Waals surface area contributed by atoms with E-state index in [1.807, 2.05) is 0 Å². The lowest BCUT2D eigenvalue weighted by Gasteiger charge is -2.13. The summed E-state index contributed by atoms with van der Waals surface area (Å²) in [5, 5.41) is 22.1. The number of nitro benzene ring substituents is 1. The van der Waals surface area contributed by atoms with Crippen molar-refractivity contribution in [2.24, 2.45) is 0 Å². The number of aliphatic hydroxyl groups is 1. The second-order valence-corrected chi connectivity index (χ2v) is 4.03. The van der Waals surface area contributed by atoms with Crippen molar-refractivity contribution >= 4 is 17.7 Å². The zero-order chi connectivity index (χ0) is 15.0. The predicted octanol–water partition coefficient (Wildman–Crippen LogP) is 0.731. The van der Waals surface area contributed by atoms with Crippen LogP contribution in [0.4, 0.5) is 5.69 Å². The third-order valence-electron chi connectivity index (χ3n) is 2.44. The van der Waals surface area contributed by atoms with Crippen molar-refractivity contribution < 1.29 is 19.6 Å². The Bertz CT molecular complexity index is 501. The maximum absolute atomic E-state index is 11.6. The van der Waals surface area contributed by atoms with Crippen LogP contribution in [0, 0.1) is 10.1 Å². The average molecular weight is 280 g/mol. The molecule has 1 rings (SSSR count). The molecule has 7 nitrogen and oxygen atoms in total. The summed E-state index contributed by atoms with van der Waals surface area (Å²) >= 11 is 0. The maximum Gasteiger partial charge on any atom is 0.270 e. The van der Waals surface area contributed by atoms with Crippen LogP contribution in [0.15, 0.2) is 30.3 Å². The first-order chi connectivity index (χ1) is 9.56. The monoisotopic (exact) mass is 280 g/mol. The molecule has 1 aromatic rings. The Morgan fingerprint density at radius 3 is 2.95 bits per heavy atom. The Hall–Kier alpha value is -2.25. The highest BCUT2D eigenvalue weighted by Gasteiger charge is 2.09. The van der Waals surface area contributed by atoms with E-state index in [1.165, 1.54) is 37.5 Å². The maximum atomic E-state index is 11.6. The van der Waals surface area contributed by atoms with Crippen LogP contribution < -0.4 is 5.32 Å². The molecule has 0 aliphatic heterocycles. The van der Waals surface area contributed by atoms with Crippen LogP contribution in [0.2, 0.25) is 0 Å². The van der Waals surface area contributed by atoms with Gasteiger partial charge in [-0.3, -0.25) is 14.9 Å². The molecule has 0 aliphatic rings. The molecule has 0 saturated heterocycles. The highest BCUT2D eigenvalue weighted by atomic mass is 16.6. The molecule has 1 aromatic carbocycles. The molecule has 0 heterocycles. The number of ether oxygens (including phenoxy) is 1. The van der Waals surface area contributed by atoms with E-state index < -0.39 is 16.9 Å². The van der Waals surface area contributed by atoms with Gasteiger partial charge in [0.2, 0.25) is 5.91 Å². The summed E-state index contributed by atoms with van der Waals surface area (Å²) in [6, 6.07) is 5.44. The van der Waals surface area contributed by atoms with E-state index >= 15 is 0 Å². The van der Waals surface area contributed by atoms with Gasteiger partial charge in [-0.15, -0.1) is 0 Å². The largest absolute Gasteiger partial charge is 0.394 e. The van der Waals surface area contributed by atoms with Gasteiger partial charge in [0.15, 0.2) is 0 Å². The number of benzene rings is 1. The van der Waals surface area contributed by atoms with Crippen molar-refractivity contribution in [3.05, 3.63) is 46.0 Å². The van der Waals surface area contributed by atoms with Crippen molar-refractivity contribution in [1.29, 1.82) is 0 Å². The minimum Gasteiger partial charge on any atom is -0.394 e. The fourth-order valence-electron chi connectivity index (χ4n) is 1.50. The van der Waals surface area contributed by atoms with Crippen molar-refractivity contribution in [3.8, 4) is 0 Å². The molecule has 1 unspecified atom stereocenters. The van der Waals surface area contributed by atoms with Gasteiger partial charge in [-0.2, -0.15) is 0 Å². The fraction of sp³-hybridized carbons (Fsp3) is 0.308. The summed E-state index contributed by atoms with van der Waals surface area (Å²) < 4.78 is 4.83. The molecule has 1 atom stereocenters. The molecular weight excluding hydrogens is 264 g/mol. The minimum atomic E-state index is -0.502. The number of nitrogens with zero attached hydrogens (tertiary/aromatic N) is 1. The first kappa shape index (κ1) is 15.8. The van der Waals surface area contributed by atoms with E-state index in [9.17, 15) is 14.9 Å². The fourth-order valence-corrected chi connectivity index (χ4v) is 1.50. The summed E-state index contributed by atoms with van der Waals surface area (Å²) in [5.41, 5.74) is 0.502. The van der Waals surface area contributed by atoms with Crippen LogP contribution in [0.25, 0.3) is 6.08 Å². The minimum absolute atomic E-state index is 0.0415. The van der Waals surface area contributed by atoms with Crippen molar-refractivity contribution in [2.45, 2.75) is 6.04 Å². The van der Waals surface area contributed by atoms with Crippen LogP contribution in [0.3, 0.4) is 0 Å². The third-order valence-corrected chi connectivity index (χ3v) is 2.44. The number of carbonyl (C=O) groups is 1. The van der Waals surface area contributed by atoms with Crippen molar-refractivity contribution in [3.63, 3.8) is 0 Å². The molecule has 1 amide bonds. The van der Waals surface area contributed by atoms with Gasteiger partial charge in [-0.05, 0) is 11.6 Å². The number of carbonyl (C=O) groups excluding carboxylic acids is 1. The Morgan fingerprint density at radius 2 is 2.35 bits per heavy atom. The Kier molecular flexibility index (Phi) is 6.34. The Morgan fingerprint density at radius 1 is 1.60 bits per heavy atom. The first-order valence-corrected chi connectivity index (χ1v) is 5.89. The average Bonchev–Trinajstić information content (AvgIpc) is 2.45. The molecule has 7 heteroatoms. The van der Waals surface area contributed by atoms with Gasteiger partial charge >= 0.3 is 0 Å². The number of rotatable bonds is 7. The number of aliphatic hydroxyl groups excluding tert-OH is 1. The number of hydrogen-bond acceptors (Lipinski definition) is 5. The first-order valence-electron chi connectivity index (χ1n) is 5.89. The Labute approximate surface area is 116 Å². The zero-order valence-electron chi connectivity index (χ0n) is 11.0. The quantitative estimate of drug-likeness (QED) is 0.435. The van der Waals surface area contributed by atoms with Gasteiger partial charge in [-0.25, -0.2) is 0 Å². The van der Waals surface area contributed by atoms with Gasteiger partial charge in [0, 0.05) is 25.3 Å². The topological polar surface area (TPSA) is 102 Å². The van der Waals surface area contributed by atoms with E-state index in [2.05, 4.69) is 5.32 Å². The summed E-state index contributed by atoms with van der Waals surface area (Å²) in [4.78, 5) is 21.7. The molecule has 0 bridgehead atoms. The van der Waals surface area contributed by atoms with Crippen LogP contribution in [-0.2, 0) is 9.53 Å². The third kappa shape index (κ3) is 5.17. The molecule has 0 spiro atoms. The molecule has 0 fully saturated rings. The number of nitrogens with one attached hydrogen (secondary N) is 1. The smallest absolute Gasteiger partial charge is 0.270 e. The summed E-state index contributed by atoms with van der Waals surface area (Å²) in [5.74, 6) is -0.410. The standard InChI is InChI=1S/C13H16N2O5/c1-20-9-11(8-16)14-13(17)6-5-10-3-2-4-12(7-10)15(18)19/h2-7,11,16H,8-9H2,1H3,(H,14,17)/b6-5+. The number of non-ortho nitro benzene ring substituents is 1. The number of amides is 1. The van der Waals surface area contributed by atoms with Gasteiger partial charge in [0.05, 0.1) is 24.2 Å². The second kappa shape index (κ2) is 8.03. The lowest BCUT2D eigenvalue weighted by molar-refractivity contribution is -0.384. The zero-order valence-corrected chi connectivity index (χ0v) is 11.0. The van der Waals surface area contributed by atoms with E-state index in [1.54, 1.807) is 6.07 Å². The van der Waals surface area contributed by atoms with Crippen LogP contribution in [-0.4, -0.2) is 42.3 Å². The van der Waals surface area contributed by atoms with Gasteiger partial charge in [-0.1, -0.05) is 12.1 Å². The second-order valence-electron chi connectivity index (χ2n) is 4.03. The number of nitro groups is 1.